The van der Waals surface area contributed by atoms with E-state index in [0.717, 1.165) is 71.2 Å². The molecule has 6 aromatic carbocycles. The van der Waals surface area contributed by atoms with Crippen molar-refractivity contribution < 1.29 is 28.1 Å². The maximum absolute atomic E-state index is 14.6. The van der Waals surface area contributed by atoms with Crippen molar-refractivity contribution in [2.45, 2.75) is 85.6 Å². The summed E-state index contributed by atoms with van der Waals surface area (Å²) in [7, 11) is -3.99. The minimum atomic E-state index is -3.99. The molecule has 0 spiro atoms. The van der Waals surface area contributed by atoms with Gasteiger partial charge < -0.3 is 19.7 Å². The Balaban J connectivity index is 1.21. The van der Waals surface area contributed by atoms with Gasteiger partial charge in [-0.3, -0.25) is 0 Å². The van der Waals surface area contributed by atoms with Gasteiger partial charge in [0.1, 0.15) is 23.7 Å². The molecule has 0 saturated heterocycles. The molecule has 0 amide bonds. The minimum Gasteiger partial charge on any atom is -0.490 e. The molecule has 6 aromatic rings. The van der Waals surface area contributed by atoms with Crippen molar-refractivity contribution in [3.8, 4) is 33.8 Å². The Labute approximate surface area is 299 Å². The van der Waals surface area contributed by atoms with Crippen LogP contribution in [0.15, 0.2) is 131 Å². The van der Waals surface area contributed by atoms with E-state index in [0.29, 0.717) is 35.5 Å². The van der Waals surface area contributed by atoms with Crippen molar-refractivity contribution in [2.24, 2.45) is 0 Å². The third-order valence-corrected chi connectivity index (χ3v) is 12.2. The lowest BCUT2D eigenvalue weighted by Gasteiger charge is -2.28. The first-order valence-electron chi connectivity index (χ1n) is 18.0. The van der Waals surface area contributed by atoms with Crippen LogP contribution in [0.25, 0.3) is 43.8 Å². The maximum Gasteiger partial charge on any atom is 0.206 e. The Kier molecular flexibility index (Phi) is 9.28. The van der Waals surface area contributed by atoms with Crippen LogP contribution in [0.4, 0.5) is 0 Å². The SMILES string of the molecule is O=S(=O)(c1ccc(OC2CCCC(O)C2)c(-c2ccc3ccccc3c2)c1)c1ccc(OC2CCCC(O)C2)c(-c2ccc3ccccc3c2)c1. The molecule has 4 unspecified atom stereocenters. The fourth-order valence-corrected chi connectivity index (χ4v) is 8.99. The minimum absolute atomic E-state index is 0.155. The molecule has 0 radical (unpaired) electrons. The van der Waals surface area contributed by atoms with Crippen molar-refractivity contribution in [3.63, 3.8) is 0 Å². The van der Waals surface area contributed by atoms with Crippen LogP contribution in [0.1, 0.15) is 51.4 Å². The van der Waals surface area contributed by atoms with E-state index >= 15 is 0 Å². The molecule has 2 fully saturated rings. The van der Waals surface area contributed by atoms with Gasteiger partial charge in [0.15, 0.2) is 0 Å². The first-order valence-corrected chi connectivity index (χ1v) is 19.5. The summed E-state index contributed by atoms with van der Waals surface area (Å²) in [6, 6.07) is 38.6. The Morgan fingerprint density at radius 3 is 1.35 bits per heavy atom. The first kappa shape index (κ1) is 33.5. The molecule has 0 aromatic heterocycles. The number of aliphatic hydroxyl groups is 2. The number of benzene rings is 6. The second kappa shape index (κ2) is 14.1. The van der Waals surface area contributed by atoms with Crippen LogP contribution >= 0.6 is 0 Å². The highest BCUT2D eigenvalue weighted by atomic mass is 32.2. The molecule has 4 atom stereocenters. The van der Waals surface area contributed by atoms with Gasteiger partial charge >= 0.3 is 0 Å². The van der Waals surface area contributed by atoms with Crippen LogP contribution in [-0.4, -0.2) is 43.0 Å². The molecule has 0 heterocycles. The summed E-state index contributed by atoms with van der Waals surface area (Å²) < 4.78 is 42.2. The summed E-state index contributed by atoms with van der Waals surface area (Å²) >= 11 is 0. The fraction of sp³-hybridized carbons (Fsp3) is 0.273. The molecule has 7 heteroatoms. The van der Waals surface area contributed by atoms with Gasteiger partial charge in [-0.1, -0.05) is 72.8 Å². The Hall–Kier alpha value is -4.69. The third-order valence-electron chi connectivity index (χ3n) is 10.4. The van der Waals surface area contributed by atoms with Gasteiger partial charge in [0.2, 0.25) is 9.84 Å². The summed E-state index contributed by atoms with van der Waals surface area (Å²) in [5.41, 5.74) is 3.08. The predicted octanol–water partition coefficient (Wildman–Crippen LogP) is 9.52. The zero-order valence-electron chi connectivity index (χ0n) is 28.4. The number of fused-ring (bicyclic) bond motifs is 2. The standard InChI is InChI=1S/C44H42O6S/c45-35-11-5-13-37(25-35)49-43-21-19-39(27-41(43)33-17-15-29-7-1-3-9-31(29)23-33)51(47,48)40-20-22-44(50-38-14-6-12-36(46)26-38)42(28-40)34-18-16-30-8-2-4-10-32(30)24-34/h1-4,7-10,15-24,27-28,35-38,45-46H,5-6,11-14,25-26H2. The monoisotopic (exact) mass is 698 g/mol. The summed E-state index contributed by atoms with van der Waals surface area (Å²) in [6.07, 6.45) is 4.93. The molecular formula is C44H42O6S. The van der Waals surface area contributed by atoms with E-state index in [2.05, 4.69) is 24.3 Å². The molecule has 2 N–H and O–H groups in total. The Morgan fingerprint density at radius 2 is 0.922 bits per heavy atom. The second-order valence-electron chi connectivity index (χ2n) is 14.1. The fourth-order valence-electron chi connectivity index (χ4n) is 7.67. The van der Waals surface area contributed by atoms with Crippen molar-refractivity contribution in [2.75, 3.05) is 0 Å². The normalized spacial score (nSPS) is 21.1. The highest BCUT2D eigenvalue weighted by Crippen LogP contribution is 2.40. The average Bonchev–Trinajstić information content (AvgIpc) is 3.14. The van der Waals surface area contributed by atoms with Gasteiger partial charge in [0, 0.05) is 24.0 Å². The molecule has 6 nitrogen and oxygen atoms in total. The van der Waals surface area contributed by atoms with Crippen LogP contribution in [-0.2, 0) is 9.84 Å². The molecule has 51 heavy (non-hydrogen) atoms. The van der Waals surface area contributed by atoms with E-state index in [1.165, 1.54) is 0 Å². The molecule has 2 saturated carbocycles. The van der Waals surface area contributed by atoms with Crippen molar-refractivity contribution in [3.05, 3.63) is 121 Å². The highest BCUT2D eigenvalue weighted by molar-refractivity contribution is 7.91. The molecule has 260 valence electrons. The van der Waals surface area contributed by atoms with E-state index in [4.69, 9.17) is 9.47 Å². The molecule has 0 aliphatic heterocycles. The van der Waals surface area contributed by atoms with Crippen molar-refractivity contribution in [1.82, 2.24) is 0 Å². The van der Waals surface area contributed by atoms with Crippen molar-refractivity contribution >= 4 is 31.4 Å². The lowest BCUT2D eigenvalue weighted by atomic mass is 9.94. The number of aliphatic hydroxyl groups excluding tert-OH is 2. The Morgan fingerprint density at radius 1 is 0.490 bits per heavy atom. The van der Waals surface area contributed by atoms with Gasteiger partial charge in [-0.2, -0.15) is 0 Å². The van der Waals surface area contributed by atoms with Gasteiger partial charge in [0.25, 0.3) is 0 Å². The quantitative estimate of drug-likeness (QED) is 0.165. The van der Waals surface area contributed by atoms with Crippen LogP contribution < -0.4 is 9.47 Å². The summed E-state index contributed by atoms with van der Waals surface area (Å²) in [4.78, 5) is 0.324. The maximum atomic E-state index is 14.6. The van der Waals surface area contributed by atoms with E-state index in [1.807, 2.05) is 60.7 Å². The van der Waals surface area contributed by atoms with Crippen molar-refractivity contribution in [1.29, 1.82) is 0 Å². The van der Waals surface area contributed by atoms with Gasteiger partial charge in [-0.25, -0.2) is 8.42 Å². The van der Waals surface area contributed by atoms with E-state index in [1.54, 1.807) is 36.4 Å². The lowest BCUT2D eigenvalue weighted by Crippen LogP contribution is -2.28. The lowest BCUT2D eigenvalue weighted by molar-refractivity contribution is 0.0534. The second-order valence-corrected chi connectivity index (χ2v) is 16.0. The predicted molar refractivity (Wildman–Crippen MR) is 202 cm³/mol. The molecule has 8 rings (SSSR count). The zero-order chi connectivity index (χ0) is 35.0. The Bertz CT molecular complexity index is 2160. The van der Waals surface area contributed by atoms with E-state index < -0.39 is 22.0 Å². The number of rotatable bonds is 8. The van der Waals surface area contributed by atoms with E-state index in [-0.39, 0.29) is 22.0 Å². The number of hydrogen-bond donors (Lipinski definition) is 2. The smallest absolute Gasteiger partial charge is 0.206 e. The van der Waals surface area contributed by atoms with E-state index in [9.17, 15) is 18.6 Å². The molecule has 2 aliphatic rings. The van der Waals surface area contributed by atoms with Gasteiger partial charge in [0.05, 0.1) is 22.0 Å². The summed E-state index contributed by atoms with van der Waals surface area (Å²) in [6.45, 7) is 0. The zero-order valence-corrected chi connectivity index (χ0v) is 29.3. The van der Waals surface area contributed by atoms with Crippen LogP contribution in [0.3, 0.4) is 0 Å². The highest BCUT2D eigenvalue weighted by Gasteiger charge is 2.27. The third kappa shape index (κ3) is 7.11. The summed E-state index contributed by atoms with van der Waals surface area (Å²) in [5.74, 6) is 1.19. The average molecular weight is 699 g/mol. The summed E-state index contributed by atoms with van der Waals surface area (Å²) in [5, 5.41) is 25.0. The van der Waals surface area contributed by atoms with Crippen LogP contribution in [0.5, 0.6) is 11.5 Å². The van der Waals surface area contributed by atoms with Crippen LogP contribution in [0, 0.1) is 0 Å². The largest absolute Gasteiger partial charge is 0.490 e. The van der Waals surface area contributed by atoms with Crippen LogP contribution in [0.2, 0.25) is 0 Å². The number of hydrogen-bond acceptors (Lipinski definition) is 6. The first-order chi connectivity index (χ1) is 24.8. The molecular weight excluding hydrogens is 657 g/mol. The van der Waals surface area contributed by atoms with Gasteiger partial charge in [-0.15, -0.1) is 0 Å². The number of ether oxygens (including phenoxy) is 2. The topological polar surface area (TPSA) is 93.1 Å². The molecule has 0 bridgehead atoms. The molecule has 2 aliphatic carbocycles. The van der Waals surface area contributed by atoms with Gasteiger partial charge in [-0.05, 0) is 120 Å². The number of sulfone groups is 1.